The molecule has 7 heteroatoms. The van der Waals surface area contributed by atoms with Crippen LogP contribution in [0.15, 0.2) is 22.7 Å². The van der Waals surface area contributed by atoms with E-state index in [1.54, 1.807) is 6.07 Å². The molecule has 0 saturated carbocycles. The highest BCUT2D eigenvalue weighted by Gasteiger charge is 2.38. The molecule has 106 valence electrons. The van der Waals surface area contributed by atoms with Gasteiger partial charge in [0.15, 0.2) is 11.4 Å². The zero-order chi connectivity index (χ0) is 14.2. The van der Waals surface area contributed by atoms with E-state index in [0.717, 1.165) is 0 Å². The Morgan fingerprint density at radius 1 is 1.50 bits per heavy atom. The minimum absolute atomic E-state index is 0.204. The molecule has 1 fully saturated rings. The average molecular weight is 298 g/mol. The summed E-state index contributed by atoms with van der Waals surface area (Å²) < 4.78 is 18.1. The minimum Gasteiger partial charge on any atom is -0.379 e. The molecule has 5 nitrogen and oxygen atoms in total. The first-order chi connectivity index (χ1) is 9.57. The molecule has 0 radical (unpaired) electrons. The van der Waals surface area contributed by atoms with Crippen LogP contribution < -0.4 is 5.32 Å². The Kier molecular flexibility index (Phi) is 3.45. The number of aromatic nitrogens is 2. The largest absolute Gasteiger partial charge is 0.379 e. The first kappa shape index (κ1) is 13.5. The predicted molar refractivity (Wildman–Crippen MR) is 69.9 cm³/mol. The molecule has 1 atom stereocenters. The molecule has 1 aromatic heterocycles. The molecule has 0 spiro atoms. The number of halogens is 2. The highest BCUT2D eigenvalue weighted by atomic mass is 35.5. The summed E-state index contributed by atoms with van der Waals surface area (Å²) in [6, 6.07) is 4.16. The van der Waals surface area contributed by atoms with Crippen molar-refractivity contribution in [2.24, 2.45) is 0 Å². The summed E-state index contributed by atoms with van der Waals surface area (Å²) in [5, 5.41) is 17.5. The first-order valence-corrected chi connectivity index (χ1v) is 6.65. The maximum absolute atomic E-state index is 13.0. The number of rotatable bonds is 3. The van der Waals surface area contributed by atoms with Crippen LogP contribution in [0.25, 0.3) is 0 Å². The van der Waals surface area contributed by atoms with Gasteiger partial charge in [-0.15, -0.1) is 0 Å². The van der Waals surface area contributed by atoms with E-state index in [9.17, 15) is 9.50 Å². The smallest absolute Gasteiger partial charge is 0.259 e. The van der Waals surface area contributed by atoms with E-state index >= 15 is 0 Å². The minimum atomic E-state index is -1.10. The summed E-state index contributed by atoms with van der Waals surface area (Å²) in [4.78, 5) is 4.20. The molecular formula is C13H13ClFN3O2. The van der Waals surface area contributed by atoms with Crippen LogP contribution in [-0.4, -0.2) is 28.3 Å². The fourth-order valence-electron chi connectivity index (χ4n) is 2.21. The number of hydrogen-bond donors (Lipinski definition) is 2. The van der Waals surface area contributed by atoms with Crippen molar-refractivity contribution in [3.8, 4) is 0 Å². The molecule has 1 aliphatic rings. The van der Waals surface area contributed by atoms with Crippen molar-refractivity contribution in [3.05, 3.63) is 46.3 Å². The van der Waals surface area contributed by atoms with Gasteiger partial charge in [0.05, 0.1) is 0 Å². The lowest BCUT2D eigenvalue weighted by Gasteiger charge is -2.14. The van der Waals surface area contributed by atoms with Crippen molar-refractivity contribution in [2.45, 2.75) is 18.4 Å². The fraction of sp³-hybridized carbons (Fsp3) is 0.385. The molecule has 2 N–H and O–H groups in total. The van der Waals surface area contributed by atoms with Gasteiger partial charge < -0.3 is 14.9 Å². The quantitative estimate of drug-likeness (QED) is 0.901. The van der Waals surface area contributed by atoms with Crippen molar-refractivity contribution < 1.29 is 14.0 Å². The van der Waals surface area contributed by atoms with Gasteiger partial charge in [0.2, 0.25) is 0 Å². The van der Waals surface area contributed by atoms with E-state index in [2.05, 4.69) is 15.5 Å². The molecule has 1 aromatic carbocycles. The second-order valence-electron chi connectivity index (χ2n) is 4.89. The topological polar surface area (TPSA) is 71.2 Å². The lowest BCUT2D eigenvalue weighted by atomic mass is 10.0. The van der Waals surface area contributed by atoms with E-state index in [1.807, 2.05) is 0 Å². The highest BCUT2D eigenvalue weighted by molar-refractivity contribution is 6.31. The van der Waals surface area contributed by atoms with Crippen LogP contribution in [-0.2, 0) is 12.0 Å². The van der Waals surface area contributed by atoms with Gasteiger partial charge >= 0.3 is 0 Å². The van der Waals surface area contributed by atoms with Gasteiger partial charge in [0.25, 0.3) is 5.89 Å². The van der Waals surface area contributed by atoms with Crippen molar-refractivity contribution in [2.75, 3.05) is 13.1 Å². The van der Waals surface area contributed by atoms with Crippen LogP contribution in [0.1, 0.15) is 23.7 Å². The van der Waals surface area contributed by atoms with E-state index in [-0.39, 0.29) is 11.7 Å². The van der Waals surface area contributed by atoms with Gasteiger partial charge in [-0.25, -0.2) is 4.39 Å². The SMILES string of the molecule is OC1(c2nc(Cc3ccc(F)cc3Cl)no2)CCNC1. The summed E-state index contributed by atoms with van der Waals surface area (Å²) >= 11 is 5.96. The van der Waals surface area contributed by atoms with Crippen LogP contribution in [0.4, 0.5) is 4.39 Å². The Morgan fingerprint density at radius 2 is 2.35 bits per heavy atom. The number of β-amino-alcohol motifs (C(OH)–C–C–N with tert-alkyl or cyclic N) is 1. The molecule has 2 aromatic rings. The number of hydrogen-bond acceptors (Lipinski definition) is 5. The van der Waals surface area contributed by atoms with Crippen molar-refractivity contribution in [1.82, 2.24) is 15.5 Å². The fourth-order valence-corrected chi connectivity index (χ4v) is 2.45. The number of nitrogens with one attached hydrogen (secondary N) is 1. The molecule has 20 heavy (non-hydrogen) atoms. The van der Waals surface area contributed by atoms with Gasteiger partial charge in [-0.05, 0) is 30.7 Å². The Labute approximate surface area is 119 Å². The first-order valence-electron chi connectivity index (χ1n) is 6.27. The Bertz CT molecular complexity index is 626. The van der Waals surface area contributed by atoms with Gasteiger partial charge in [0, 0.05) is 18.0 Å². The molecule has 3 rings (SSSR count). The molecule has 0 bridgehead atoms. The number of benzene rings is 1. The lowest BCUT2D eigenvalue weighted by Crippen LogP contribution is -2.28. The van der Waals surface area contributed by atoms with Crippen LogP contribution in [0, 0.1) is 5.82 Å². The zero-order valence-electron chi connectivity index (χ0n) is 10.6. The van der Waals surface area contributed by atoms with Crippen LogP contribution in [0.2, 0.25) is 5.02 Å². The Morgan fingerprint density at radius 3 is 3.05 bits per heavy atom. The number of aliphatic hydroxyl groups is 1. The monoisotopic (exact) mass is 297 g/mol. The van der Waals surface area contributed by atoms with Gasteiger partial charge in [-0.2, -0.15) is 4.98 Å². The summed E-state index contributed by atoms with van der Waals surface area (Å²) in [6.07, 6.45) is 0.859. The van der Waals surface area contributed by atoms with E-state index < -0.39 is 5.60 Å². The van der Waals surface area contributed by atoms with Gasteiger partial charge in [-0.1, -0.05) is 22.8 Å². The Balaban J connectivity index is 1.80. The third-order valence-electron chi connectivity index (χ3n) is 3.36. The van der Waals surface area contributed by atoms with E-state index in [4.69, 9.17) is 16.1 Å². The van der Waals surface area contributed by atoms with Gasteiger partial charge in [-0.3, -0.25) is 0 Å². The maximum Gasteiger partial charge on any atom is 0.259 e. The van der Waals surface area contributed by atoms with E-state index in [1.165, 1.54) is 12.1 Å². The standard InChI is InChI=1S/C13H13ClFN3O2/c14-10-6-9(15)2-1-8(10)5-11-17-12(20-18-11)13(19)3-4-16-7-13/h1-2,6,16,19H,3-5,7H2. The molecule has 0 amide bonds. The highest BCUT2D eigenvalue weighted by Crippen LogP contribution is 2.27. The summed E-state index contributed by atoms with van der Waals surface area (Å²) in [7, 11) is 0. The second-order valence-corrected chi connectivity index (χ2v) is 5.29. The zero-order valence-corrected chi connectivity index (χ0v) is 11.3. The molecular weight excluding hydrogens is 285 g/mol. The second kappa shape index (κ2) is 5.12. The molecule has 2 heterocycles. The summed E-state index contributed by atoms with van der Waals surface area (Å²) in [5.74, 6) is 0.225. The molecule has 1 saturated heterocycles. The molecule has 1 aliphatic heterocycles. The third-order valence-corrected chi connectivity index (χ3v) is 3.71. The normalized spacial score (nSPS) is 22.4. The van der Waals surface area contributed by atoms with E-state index in [0.29, 0.717) is 42.3 Å². The Hall–Kier alpha value is -1.50. The van der Waals surface area contributed by atoms with Crippen molar-refractivity contribution in [3.63, 3.8) is 0 Å². The summed E-state index contributed by atoms with van der Waals surface area (Å²) in [6.45, 7) is 1.10. The molecule has 0 aliphatic carbocycles. The van der Waals surface area contributed by atoms with Crippen LogP contribution >= 0.6 is 11.6 Å². The maximum atomic E-state index is 13.0. The van der Waals surface area contributed by atoms with Crippen molar-refractivity contribution in [1.29, 1.82) is 0 Å². The van der Waals surface area contributed by atoms with Crippen LogP contribution in [0.5, 0.6) is 0 Å². The van der Waals surface area contributed by atoms with Crippen molar-refractivity contribution >= 4 is 11.6 Å². The number of nitrogens with zero attached hydrogens (tertiary/aromatic N) is 2. The average Bonchev–Trinajstić information content (AvgIpc) is 3.03. The predicted octanol–water partition coefficient (Wildman–Crippen LogP) is 1.63. The molecule has 1 unspecified atom stereocenters. The lowest BCUT2D eigenvalue weighted by molar-refractivity contribution is 0.0243. The third kappa shape index (κ3) is 2.54. The van der Waals surface area contributed by atoms with Gasteiger partial charge in [0.1, 0.15) is 5.82 Å². The van der Waals surface area contributed by atoms with Crippen LogP contribution in [0.3, 0.4) is 0 Å². The summed E-state index contributed by atoms with van der Waals surface area (Å²) in [5.41, 5.74) is -0.394.